The van der Waals surface area contributed by atoms with Crippen LogP contribution in [0, 0.1) is 0 Å². The van der Waals surface area contributed by atoms with E-state index in [0.29, 0.717) is 16.7 Å². The molecule has 1 amide bonds. The Morgan fingerprint density at radius 2 is 2.10 bits per heavy atom. The van der Waals surface area contributed by atoms with E-state index in [1.165, 1.54) is 12.8 Å². The Kier molecular flexibility index (Phi) is 6.10. The quantitative estimate of drug-likeness (QED) is 0.392. The van der Waals surface area contributed by atoms with Crippen LogP contribution < -0.4 is 9.64 Å². The summed E-state index contributed by atoms with van der Waals surface area (Å²) in [5, 5.41) is 13.3. The van der Waals surface area contributed by atoms with Gasteiger partial charge >= 0.3 is 0 Å². The van der Waals surface area contributed by atoms with Crippen molar-refractivity contribution in [1.82, 2.24) is 15.2 Å². The standard InChI is InChI=1S/C21H22N4O2S2/c1-3-4-7-11-29-21-22-19-18(23-24-21)16-8-5-6-9-17(16)25(14(2)26)20(27-19)15-10-12-28-13-15/h5-6,8-10,12-13,20H,3-4,7,11H2,1-2H3/t20-/m1/s1. The molecule has 0 spiro atoms. The van der Waals surface area contributed by atoms with Crippen LogP contribution in [0.3, 0.4) is 0 Å². The second-order valence-electron chi connectivity index (χ2n) is 6.74. The van der Waals surface area contributed by atoms with Gasteiger partial charge in [0.05, 0.1) is 5.69 Å². The number of carbonyl (C=O) groups excluding carboxylic acids is 1. The molecule has 0 radical (unpaired) electrons. The topological polar surface area (TPSA) is 68.2 Å². The summed E-state index contributed by atoms with van der Waals surface area (Å²) in [6, 6.07) is 9.62. The Morgan fingerprint density at radius 3 is 2.86 bits per heavy atom. The van der Waals surface area contributed by atoms with Gasteiger partial charge in [-0.05, 0) is 29.3 Å². The molecule has 2 aromatic heterocycles. The number of amides is 1. The van der Waals surface area contributed by atoms with E-state index in [4.69, 9.17) is 4.74 Å². The first-order valence-corrected chi connectivity index (χ1v) is 11.6. The third kappa shape index (κ3) is 4.13. The molecule has 0 fully saturated rings. The first-order valence-electron chi connectivity index (χ1n) is 9.64. The van der Waals surface area contributed by atoms with Crippen molar-refractivity contribution in [3.8, 4) is 17.1 Å². The number of fused-ring (bicyclic) bond motifs is 3. The number of rotatable bonds is 6. The zero-order valence-electron chi connectivity index (χ0n) is 16.4. The van der Waals surface area contributed by atoms with E-state index in [1.54, 1.807) is 34.9 Å². The summed E-state index contributed by atoms with van der Waals surface area (Å²) in [4.78, 5) is 18.9. The minimum atomic E-state index is -0.601. The van der Waals surface area contributed by atoms with Crippen LogP contribution in [0.25, 0.3) is 11.3 Å². The highest BCUT2D eigenvalue weighted by atomic mass is 32.2. The lowest BCUT2D eigenvalue weighted by atomic mass is 10.1. The maximum Gasteiger partial charge on any atom is 0.247 e. The zero-order valence-corrected chi connectivity index (χ0v) is 18.0. The van der Waals surface area contributed by atoms with E-state index in [-0.39, 0.29) is 5.91 Å². The summed E-state index contributed by atoms with van der Waals surface area (Å²) in [5.41, 5.74) is 3.00. The van der Waals surface area contributed by atoms with E-state index in [2.05, 4.69) is 22.1 Å². The maximum atomic E-state index is 12.6. The van der Waals surface area contributed by atoms with Crippen molar-refractivity contribution in [2.75, 3.05) is 10.7 Å². The molecule has 4 rings (SSSR count). The fourth-order valence-electron chi connectivity index (χ4n) is 3.26. The third-order valence-corrected chi connectivity index (χ3v) is 6.28. The van der Waals surface area contributed by atoms with Gasteiger partial charge in [0.15, 0.2) is 5.69 Å². The number of hydrogen-bond donors (Lipinski definition) is 0. The molecule has 1 aromatic carbocycles. The molecule has 0 unspecified atom stereocenters. The fourth-order valence-corrected chi connectivity index (χ4v) is 4.71. The molecule has 0 N–H and O–H groups in total. The average molecular weight is 427 g/mol. The number of thiophene rings is 1. The highest BCUT2D eigenvalue weighted by Crippen LogP contribution is 2.43. The van der Waals surface area contributed by atoms with E-state index in [0.717, 1.165) is 29.0 Å². The number of thioether (sulfide) groups is 1. The zero-order chi connectivity index (χ0) is 20.2. The van der Waals surface area contributed by atoms with Crippen molar-refractivity contribution in [1.29, 1.82) is 0 Å². The Balaban J connectivity index is 1.77. The number of ether oxygens (including phenoxy) is 1. The van der Waals surface area contributed by atoms with Crippen LogP contribution in [0.4, 0.5) is 5.69 Å². The molecule has 3 heterocycles. The summed E-state index contributed by atoms with van der Waals surface area (Å²) < 4.78 is 6.31. The molecule has 3 aromatic rings. The lowest BCUT2D eigenvalue weighted by Gasteiger charge is -2.29. The molecular weight excluding hydrogens is 404 g/mol. The van der Waals surface area contributed by atoms with Gasteiger partial charge in [0.2, 0.25) is 23.2 Å². The summed E-state index contributed by atoms with van der Waals surface area (Å²) in [5.74, 6) is 1.24. The predicted octanol–water partition coefficient (Wildman–Crippen LogP) is 5.33. The minimum Gasteiger partial charge on any atom is -0.447 e. The number of carbonyl (C=O) groups is 1. The van der Waals surface area contributed by atoms with Gasteiger partial charge < -0.3 is 4.74 Å². The maximum absolute atomic E-state index is 12.6. The molecule has 1 atom stereocenters. The lowest BCUT2D eigenvalue weighted by molar-refractivity contribution is -0.118. The Hall–Kier alpha value is -2.45. The van der Waals surface area contributed by atoms with E-state index < -0.39 is 6.23 Å². The van der Waals surface area contributed by atoms with Crippen LogP contribution in [0.2, 0.25) is 0 Å². The molecule has 6 nitrogen and oxygen atoms in total. The number of benzene rings is 1. The van der Waals surface area contributed by atoms with Crippen molar-refractivity contribution in [2.45, 2.75) is 44.5 Å². The predicted molar refractivity (Wildman–Crippen MR) is 116 cm³/mol. The smallest absolute Gasteiger partial charge is 0.247 e. The van der Waals surface area contributed by atoms with Crippen molar-refractivity contribution >= 4 is 34.7 Å². The monoisotopic (exact) mass is 426 g/mol. The van der Waals surface area contributed by atoms with E-state index in [1.807, 2.05) is 41.1 Å². The van der Waals surface area contributed by atoms with Crippen LogP contribution in [0.5, 0.6) is 5.88 Å². The highest BCUT2D eigenvalue weighted by Gasteiger charge is 2.34. The minimum absolute atomic E-state index is 0.108. The van der Waals surface area contributed by atoms with E-state index in [9.17, 15) is 4.79 Å². The average Bonchev–Trinajstić information content (AvgIpc) is 3.21. The molecule has 0 aliphatic carbocycles. The van der Waals surface area contributed by atoms with Gasteiger partial charge in [0, 0.05) is 23.8 Å². The van der Waals surface area contributed by atoms with Crippen molar-refractivity contribution in [2.24, 2.45) is 0 Å². The summed E-state index contributed by atoms with van der Waals surface area (Å²) in [6.07, 6.45) is 2.87. The van der Waals surface area contributed by atoms with Crippen LogP contribution in [-0.2, 0) is 4.79 Å². The molecule has 150 valence electrons. The number of para-hydroxylation sites is 1. The normalized spacial score (nSPS) is 15.2. The van der Waals surface area contributed by atoms with Crippen molar-refractivity contribution < 1.29 is 9.53 Å². The molecular formula is C21H22N4O2S2. The van der Waals surface area contributed by atoms with Crippen LogP contribution in [-0.4, -0.2) is 26.8 Å². The van der Waals surface area contributed by atoms with Crippen LogP contribution in [0.15, 0.2) is 46.2 Å². The number of nitrogens with zero attached hydrogens (tertiary/aromatic N) is 4. The SMILES string of the molecule is CCCCCSc1nnc2c(n1)O[C@H](c1ccsc1)N(C(C)=O)c1ccccc1-2. The van der Waals surface area contributed by atoms with Crippen molar-refractivity contribution in [3.05, 3.63) is 46.7 Å². The highest BCUT2D eigenvalue weighted by molar-refractivity contribution is 7.99. The largest absolute Gasteiger partial charge is 0.447 e. The molecule has 29 heavy (non-hydrogen) atoms. The number of aromatic nitrogens is 3. The molecule has 1 aliphatic rings. The fraction of sp³-hybridized carbons (Fsp3) is 0.333. The second-order valence-corrected chi connectivity index (χ2v) is 8.58. The van der Waals surface area contributed by atoms with Gasteiger partial charge in [0.25, 0.3) is 0 Å². The van der Waals surface area contributed by atoms with E-state index >= 15 is 0 Å². The first-order chi connectivity index (χ1) is 14.2. The van der Waals surface area contributed by atoms with Gasteiger partial charge in [-0.1, -0.05) is 49.7 Å². The first kappa shape index (κ1) is 19.8. The molecule has 0 saturated heterocycles. The Bertz CT molecular complexity index is 994. The number of hydrogen-bond acceptors (Lipinski definition) is 7. The summed E-state index contributed by atoms with van der Waals surface area (Å²) in [6.45, 7) is 3.73. The van der Waals surface area contributed by atoms with Crippen LogP contribution >= 0.6 is 23.1 Å². The van der Waals surface area contributed by atoms with Crippen LogP contribution in [0.1, 0.15) is 44.9 Å². The lowest BCUT2D eigenvalue weighted by Crippen LogP contribution is -2.35. The molecule has 0 bridgehead atoms. The second kappa shape index (κ2) is 8.92. The van der Waals surface area contributed by atoms with Gasteiger partial charge in [-0.25, -0.2) is 0 Å². The van der Waals surface area contributed by atoms with Gasteiger partial charge in [-0.15, -0.1) is 10.2 Å². The number of unbranched alkanes of at least 4 members (excludes halogenated alkanes) is 2. The van der Waals surface area contributed by atoms with Gasteiger partial charge in [-0.2, -0.15) is 16.3 Å². The molecule has 8 heteroatoms. The Morgan fingerprint density at radius 1 is 1.24 bits per heavy atom. The summed E-state index contributed by atoms with van der Waals surface area (Å²) >= 11 is 3.15. The molecule has 1 aliphatic heterocycles. The third-order valence-electron chi connectivity index (χ3n) is 4.66. The van der Waals surface area contributed by atoms with Crippen molar-refractivity contribution in [3.63, 3.8) is 0 Å². The summed E-state index contributed by atoms with van der Waals surface area (Å²) in [7, 11) is 0. The molecule has 0 saturated carbocycles. The van der Waals surface area contributed by atoms with Gasteiger partial charge in [0.1, 0.15) is 0 Å². The number of anilines is 1. The Labute approximate surface area is 178 Å². The van der Waals surface area contributed by atoms with Gasteiger partial charge in [-0.3, -0.25) is 9.69 Å².